The second-order valence-corrected chi connectivity index (χ2v) is 5.61. The molecule has 1 aromatic rings. The molecule has 0 aliphatic heterocycles. The summed E-state index contributed by atoms with van der Waals surface area (Å²) >= 11 is 1.59. The van der Waals surface area contributed by atoms with Crippen LogP contribution < -0.4 is 5.73 Å². The largest absolute Gasteiger partial charge is 0.409 e. The fourth-order valence-corrected chi connectivity index (χ4v) is 2.31. The van der Waals surface area contributed by atoms with Gasteiger partial charge in [0.1, 0.15) is 5.82 Å². The molecule has 1 unspecified atom stereocenters. The summed E-state index contributed by atoms with van der Waals surface area (Å²) < 4.78 is 13.1. The minimum absolute atomic E-state index is 0.0667. The molecule has 1 aromatic carbocycles. The smallest absolute Gasteiger partial charge is 0.171 e. The molecule has 5 heteroatoms. The predicted molar refractivity (Wildman–Crippen MR) is 69.1 cm³/mol. The molecule has 0 aliphatic rings. The molecule has 0 radical (unpaired) electrons. The zero-order valence-electron chi connectivity index (χ0n) is 10.1. The van der Waals surface area contributed by atoms with Gasteiger partial charge < -0.3 is 10.9 Å². The highest BCUT2D eigenvalue weighted by atomic mass is 32.2. The predicted octanol–water partition coefficient (Wildman–Crippen LogP) is 3.06. The number of benzene rings is 1. The highest BCUT2D eigenvalue weighted by molar-refractivity contribution is 8.00. The number of nitrogens with zero attached hydrogens (tertiary/aromatic N) is 1. The van der Waals surface area contributed by atoms with Crippen LogP contribution in [0.4, 0.5) is 4.39 Å². The molecule has 0 aliphatic carbocycles. The Kier molecular flexibility index (Phi) is 4.81. The lowest BCUT2D eigenvalue weighted by atomic mass is 10.1. The van der Waals surface area contributed by atoms with Gasteiger partial charge in [-0.15, -0.1) is 11.8 Å². The second-order valence-electron chi connectivity index (χ2n) is 4.19. The molecular weight excluding hydrogens is 239 g/mol. The van der Waals surface area contributed by atoms with Crippen molar-refractivity contribution in [2.45, 2.75) is 30.9 Å². The average molecular weight is 256 g/mol. The Bertz CT molecular complexity index is 421. The zero-order chi connectivity index (χ0) is 13.0. The van der Waals surface area contributed by atoms with Gasteiger partial charge in [0.15, 0.2) is 5.84 Å². The van der Waals surface area contributed by atoms with E-state index in [2.05, 4.69) is 25.9 Å². The monoisotopic (exact) mass is 256 g/mol. The van der Waals surface area contributed by atoms with Gasteiger partial charge in [0.2, 0.25) is 0 Å². The molecule has 0 saturated heterocycles. The molecule has 0 bridgehead atoms. The first-order valence-electron chi connectivity index (χ1n) is 5.39. The van der Waals surface area contributed by atoms with Gasteiger partial charge in [-0.1, -0.05) is 25.9 Å². The molecule has 0 amide bonds. The molecule has 1 rings (SSSR count). The van der Waals surface area contributed by atoms with E-state index in [-0.39, 0.29) is 5.84 Å². The number of halogens is 1. The fraction of sp³-hybridized carbons (Fsp3) is 0.417. The van der Waals surface area contributed by atoms with Crippen LogP contribution in [-0.4, -0.2) is 16.3 Å². The van der Waals surface area contributed by atoms with Crippen LogP contribution in [0.25, 0.3) is 0 Å². The van der Waals surface area contributed by atoms with E-state index in [0.29, 0.717) is 16.7 Å². The van der Waals surface area contributed by atoms with Crippen molar-refractivity contribution >= 4 is 17.6 Å². The molecule has 3 nitrogen and oxygen atoms in total. The Balaban J connectivity index is 3.07. The minimum Gasteiger partial charge on any atom is -0.409 e. The standard InChI is InChI=1S/C12H17FN2OS/c1-7(2)8(3)17-11-5-4-9(13)6-10(11)12(14)15-16/h4-8,16H,1-3H3,(H2,14,15). The van der Waals surface area contributed by atoms with Crippen LogP contribution in [0.15, 0.2) is 28.3 Å². The van der Waals surface area contributed by atoms with Crippen LogP contribution in [0, 0.1) is 11.7 Å². The van der Waals surface area contributed by atoms with Crippen LogP contribution in [0.5, 0.6) is 0 Å². The summed E-state index contributed by atoms with van der Waals surface area (Å²) in [7, 11) is 0. The third-order valence-electron chi connectivity index (χ3n) is 2.58. The van der Waals surface area contributed by atoms with Crippen LogP contribution in [0.2, 0.25) is 0 Å². The summed E-state index contributed by atoms with van der Waals surface area (Å²) in [5, 5.41) is 12.0. The van der Waals surface area contributed by atoms with Crippen molar-refractivity contribution in [2.24, 2.45) is 16.8 Å². The third kappa shape index (κ3) is 3.63. The van der Waals surface area contributed by atoms with Crippen molar-refractivity contribution in [1.29, 1.82) is 0 Å². The Hall–Kier alpha value is -1.23. The summed E-state index contributed by atoms with van der Waals surface area (Å²) in [5.41, 5.74) is 5.97. The van der Waals surface area contributed by atoms with Crippen molar-refractivity contribution in [1.82, 2.24) is 0 Å². The first-order valence-corrected chi connectivity index (χ1v) is 6.27. The molecule has 0 aromatic heterocycles. The molecule has 0 heterocycles. The fourth-order valence-electron chi connectivity index (χ4n) is 1.20. The maximum Gasteiger partial charge on any atom is 0.171 e. The van der Waals surface area contributed by atoms with Crippen LogP contribution in [0.1, 0.15) is 26.3 Å². The maximum atomic E-state index is 13.1. The first-order chi connectivity index (χ1) is 7.95. The average Bonchev–Trinajstić information content (AvgIpc) is 2.30. The molecule has 0 fully saturated rings. The van der Waals surface area contributed by atoms with Gasteiger partial charge in [-0.3, -0.25) is 0 Å². The molecule has 0 saturated carbocycles. The van der Waals surface area contributed by atoms with E-state index in [1.807, 2.05) is 0 Å². The van der Waals surface area contributed by atoms with E-state index in [1.54, 1.807) is 17.8 Å². The quantitative estimate of drug-likeness (QED) is 0.286. The lowest BCUT2D eigenvalue weighted by Gasteiger charge is -2.17. The number of hydrogen-bond donors (Lipinski definition) is 2. The SMILES string of the molecule is CC(C)C(C)Sc1ccc(F)cc1/C(N)=N/O. The van der Waals surface area contributed by atoms with Gasteiger partial charge in [-0.05, 0) is 24.1 Å². The summed E-state index contributed by atoms with van der Waals surface area (Å²) in [5.74, 6) is 0.0290. The molecule has 94 valence electrons. The van der Waals surface area contributed by atoms with E-state index < -0.39 is 5.82 Å². The van der Waals surface area contributed by atoms with E-state index in [1.165, 1.54) is 12.1 Å². The van der Waals surface area contributed by atoms with Gasteiger partial charge in [0.05, 0.1) is 0 Å². The number of rotatable bonds is 4. The Morgan fingerprint density at radius 2 is 2.06 bits per heavy atom. The van der Waals surface area contributed by atoms with Gasteiger partial charge in [-0.25, -0.2) is 4.39 Å². The van der Waals surface area contributed by atoms with Crippen LogP contribution in [-0.2, 0) is 0 Å². The van der Waals surface area contributed by atoms with Crippen molar-refractivity contribution < 1.29 is 9.60 Å². The summed E-state index contributed by atoms with van der Waals surface area (Å²) in [6.45, 7) is 6.32. The highest BCUT2D eigenvalue weighted by Gasteiger charge is 2.14. The van der Waals surface area contributed by atoms with E-state index in [0.717, 1.165) is 4.90 Å². The molecule has 0 spiro atoms. The Morgan fingerprint density at radius 1 is 1.41 bits per heavy atom. The van der Waals surface area contributed by atoms with Gasteiger partial charge in [-0.2, -0.15) is 0 Å². The lowest BCUT2D eigenvalue weighted by molar-refractivity contribution is 0.318. The number of oxime groups is 1. The molecular formula is C12H17FN2OS. The number of hydrogen-bond acceptors (Lipinski definition) is 3. The van der Waals surface area contributed by atoms with Crippen molar-refractivity contribution in [2.75, 3.05) is 0 Å². The topological polar surface area (TPSA) is 58.6 Å². The number of amidine groups is 1. The van der Waals surface area contributed by atoms with Crippen molar-refractivity contribution in [3.8, 4) is 0 Å². The van der Waals surface area contributed by atoms with Gasteiger partial charge in [0.25, 0.3) is 0 Å². The summed E-state index contributed by atoms with van der Waals surface area (Å²) in [6, 6.07) is 4.32. The normalized spacial score (nSPS) is 14.1. The van der Waals surface area contributed by atoms with E-state index in [4.69, 9.17) is 10.9 Å². The van der Waals surface area contributed by atoms with E-state index in [9.17, 15) is 4.39 Å². The Morgan fingerprint density at radius 3 is 2.59 bits per heavy atom. The summed E-state index contributed by atoms with van der Waals surface area (Å²) in [6.07, 6.45) is 0. The molecule has 3 N–H and O–H groups in total. The van der Waals surface area contributed by atoms with Crippen molar-refractivity contribution in [3.63, 3.8) is 0 Å². The number of nitrogens with two attached hydrogens (primary N) is 1. The second kappa shape index (κ2) is 5.91. The van der Waals surface area contributed by atoms with Crippen LogP contribution >= 0.6 is 11.8 Å². The highest BCUT2D eigenvalue weighted by Crippen LogP contribution is 2.30. The molecule has 1 atom stereocenters. The number of thioether (sulfide) groups is 1. The van der Waals surface area contributed by atoms with Gasteiger partial charge >= 0.3 is 0 Å². The first kappa shape index (κ1) is 13.8. The van der Waals surface area contributed by atoms with Crippen LogP contribution in [0.3, 0.4) is 0 Å². The van der Waals surface area contributed by atoms with E-state index >= 15 is 0 Å². The van der Waals surface area contributed by atoms with Gasteiger partial charge in [0, 0.05) is 15.7 Å². The minimum atomic E-state index is -0.395. The third-order valence-corrected chi connectivity index (χ3v) is 4.10. The van der Waals surface area contributed by atoms with Crippen molar-refractivity contribution in [3.05, 3.63) is 29.6 Å². The Labute approximate surface area is 105 Å². The molecule has 17 heavy (non-hydrogen) atoms. The maximum absolute atomic E-state index is 13.1. The lowest BCUT2D eigenvalue weighted by Crippen LogP contribution is -2.15. The zero-order valence-corrected chi connectivity index (χ0v) is 11.0. The summed E-state index contributed by atoms with van der Waals surface area (Å²) in [4.78, 5) is 0.822.